The van der Waals surface area contributed by atoms with E-state index in [1.54, 1.807) is 38.1 Å². The molecule has 0 heterocycles. The molecule has 0 aromatic heterocycles. The Hall–Kier alpha value is -2.04. The molecule has 1 radical (unpaired) electrons. The Bertz CT molecular complexity index is 414. The quantitative estimate of drug-likeness (QED) is 0.771. The lowest BCUT2D eigenvalue weighted by Gasteiger charge is -2.16. The molecule has 0 aliphatic rings. The molecule has 0 atom stereocenters. The molecule has 18 heavy (non-hydrogen) atoms. The molecule has 0 saturated carbocycles. The highest BCUT2D eigenvalue weighted by molar-refractivity contribution is 5.92. The van der Waals surface area contributed by atoms with E-state index in [0.29, 0.717) is 17.9 Å². The van der Waals surface area contributed by atoms with Crippen LogP contribution in [0, 0.1) is 7.05 Å². The molecule has 97 valence electrons. The molecule has 0 N–H and O–H groups in total. The molecule has 5 heteroatoms. The van der Waals surface area contributed by atoms with E-state index in [4.69, 9.17) is 9.47 Å². The Morgan fingerprint density at radius 3 is 2.17 bits per heavy atom. The van der Waals surface area contributed by atoms with Gasteiger partial charge in [0, 0.05) is 12.7 Å². The maximum Gasteiger partial charge on any atom is 0.414 e. The van der Waals surface area contributed by atoms with Gasteiger partial charge in [0.2, 0.25) is 0 Å². The van der Waals surface area contributed by atoms with Gasteiger partial charge in [-0.15, -0.1) is 0 Å². The Balaban J connectivity index is 2.76. The minimum Gasteiger partial charge on any atom is -0.462 e. The number of hydrogen-bond donors (Lipinski definition) is 0. The number of hydrogen-bond acceptors (Lipinski definition) is 4. The highest BCUT2D eigenvalue weighted by Crippen LogP contribution is 2.16. The van der Waals surface area contributed by atoms with Gasteiger partial charge in [-0.05, 0) is 38.1 Å². The number of anilines is 1. The fourth-order valence-electron chi connectivity index (χ4n) is 1.30. The minimum atomic E-state index is -0.540. The van der Waals surface area contributed by atoms with E-state index in [-0.39, 0.29) is 6.61 Å². The zero-order chi connectivity index (χ0) is 13.5. The number of esters is 1. The summed E-state index contributed by atoms with van der Waals surface area (Å²) in [5.41, 5.74) is 0.972. The summed E-state index contributed by atoms with van der Waals surface area (Å²) in [6, 6.07) is 6.36. The highest BCUT2D eigenvalue weighted by Gasteiger charge is 2.12. The lowest BCUT2D eigenvalue weighted by Crippen LogP contribution is -2.24. The van der Waals surface area contributed by atoms with E-state index in [2.05, 4.69) is 7.05 Å². The number of ether oxygens (including phenoxy) is 2. The average molecular weight is 250 g/mol. The molecular weight excluding hydrogens is 234 g/mol. The van der Waals surface area contributed by atoms with E-state index in [1.165, 1.54) is 0 Å². The Morgan fingerprint density at radius 1 is 1.11 bits per heavy atom. The molecular formula is C13H16NO4. The molecule has 0 unspecified atom stereocenters. The van der Waals surface area contributed by atoms with Gasteiger partial charge in [-0.3, -0.25) is 4.90 Å². The largest absolute Gasteiger partial charge is 0.462 e. The summed E-state index contributed by atoms with van der Waals surface area (Å²) in [7, 11) is 3.58. The fourth-order valence-corrected chi connectivity index (χ4v) is 1.30. The number of amides is 1. The molecule has 5 nitrogen and oxygen atoms in total. The third kappa shape index (κ3) is 3.48. The third-order valence-electron chi connectivity index (χ3n) is 2.18. The van der Waals surface area contributed by atoms with Crippen LogP contribution in [0.3, 0.4) is 0 Å². The average Bonchev–Trinajstić information content (AvgIpc) is 2.38. The van der Waals surface area contributed by atoms with Gasteiger partial charge in [-0.1, -0.05) is 0 Å². The smallest absolute Gasteiger partial charge is 0.414 e. The van der Waals surface area contributed by atoms with Crippen LogP contribution in [-0.2, 0) is 9.47 Å². The van der Waals surface area contributed by atoms with Crippen LogP contribution in [0.15, 0.2) is 24.3 Å². The van der Waals surface area contributed by atoms with Gasteiger partial charge in [-0.2, -0.15) is 0 Å². The summed E-state index contributed by atoms with van der Waals surface area (Å²) >= 11 is 0. The lowest BCUT2D eigenvalue weighted by molar-refractivity contribution is 0.0526. The summed E-state index contributed by atoms with van der Waals surface area (Å²) in [6.07, 6.45) is -0.540. The number of nitrogens with zero attached hydrogens (tertiary/aromatic N) is 1. The van der Waals surface area contributed by atoms with Gasteiger partial charge >= 0.3 is 12.1 Å². The molecule has 1 rings (SSSR count). The van der Waals surface area contributed by atoms with Gasteiger partial charge in [0.25, 0.3) is 0 Å². The predicted molar refractivity (Wildman–Crippen MR) is 67.3 cm³/mol. The zero-order valence-electron chi connectivity index (χ0n) is 10.5. The van der Waals surface area contributed by atoms with Crippen LogP contribution in [0.25, 0.3) is 0 Å². The lowest BCUT2D eigenvalue weighted by atomic mass is 10.2. The molecule has 0 aliphatic carbocycles. The Kier molecular flexibility index (Phi) is 5.17. The number of carbonyl (C=O) groups excluding carboxylic acids is 2. The van der Waals surface area contributed by atoms with Crippen LogP contribution in [-0.4, -0.2) is 25.3 Å². The van der Waals surface area contributed by atoms with Gasteiger partial charge in [-0.25, -0.2) is 9.59 Å². The van der Waals surface area contributed by atoms with Crippen LogP contribution >= 0.6 is 0 Å². The van der Waals surface area contributed by atoms with Crippen molar-refractivity contribution in [1.82, 2.24) is 0 Å². The fraction of sp³-hybridized carbons (Fsp3) is 0.308. The summed E-state index contributed by atoms with van der Waals surface area (Å²) < 4.78 is 9.66. The second-order valence-corrected chi connectivity index (χ2v) is 3.39. The van der Waals surface area contributed by atoms with Crippen molar-refractivity contribution in [3.05, 3.63) is 36.9 Å². The first kappa shape index (κ1) is 14.0. The van der Waals surface area contributed by atoms with E-state index in [0.717, 1.165) is 4.90 Å². The normalized spacial score (nSPS) is 9.72. The number of benzene rings is 1. The van der Waals surface area contributed by atoms with Crippen LogP contribution in [0.5, 0.6) is 0 Å². The van der Waals surface area contributed by atoms with Crippen LogP contribution in [0.4, 0.5) is 10.5 Å². The van der Waals surface area contributed by atoms with Crippen molar-refractivity contribution in [3.8, 4) is 0 Å². The van der Waals surface area contributed by atoms with Crippen molar-refractivity contribution in [2.45, 2.75) is 13.8 Å². The van der Waals surface area contributed by atoms with Crippen molar-refractivity contribution in [3.63, 3.8) is 0 Å². The molecule has 0 bridgehead atoms. The van der Waals surface area contributed by atoms with E-state index < -0.39 is 12.1 Å². The predicted octanol–water partition coefficient (Wildman–Crippen LogP) is 2.62. The highest BCUT2D eigenvalue weighted by atomic mass is 16.6. The zero-order valence-corrected chi connectivity index (χ0v) is 10.5. The van der Waals surface area contributed by atoms with Gasteiger partial charge in [0.1, 0.15) is 0 Å². The van der Waals surface area contributed by atoms with Crippen molar-refractivity contribution in [2.75, 3.05) is 18.1 Å². The molecule has 0 spiro atoms. The Labute approximate surface area is 106 Å². The third-order valence-corrected chi connectivity index (χ3v) is 2.18. The molecule has 0 aliphatic heterocycles. The minimum absolute atomic E-state index is 0.283. The second kappa shape index (κ2) is 6.64. The van der Waals surface area contributed by atoms with E-state index in [1.807, 2.05) is 0 Å². The first-order chi connectivity index (χ1) is 8.60. The van der Waals surface area contributed by atoms with Crippen LogP contribution < -0.4 is 4.90 Å². The van der Waals surface area contributed by atoms with Gasteiger partial charge in [0.05, 0.1) is 18.8 Å². The Morgan fingerprint density at radius 2 is 1.67 bits per heavy atom. The van der Waals surface area contributed by atoms with Crippen LogP contribution in [0.1, 0.15) is 24.2 Å². The molecule has 0 fully saturated rings. The molecule has 0 saturated heterocycles. The van der Waals surface area contributed by atoms with Gasteiger partial charge < -0.3 is 9.47 Å². The summed E-state index contributed by atoms with van der Waals surface area (Å²) in [5, 5.41) is 0. The van der Waals surface area contributed by atoms with Crippen molar-refractivity contribution in [2.24, 2.45) is 0 Å². The molecule has 1 aromatic rings. The SMILES string of the molecule is [CH2]N(C(=O)OCC)c1ccc(C(=O)OCC)cc1. The molecule has 1 amide bonds. The molecule has 1 aromatic carbocycles. The maximum absolute atomic E-state index is 11.4. The monoisotopic (exact) mass is 250 g/mol. The van der Waals surface area contributed by atoms with Crippen molar-refractivity contribution >= 4 is 17.7 Å². The van der Waals surface area contributed by atoms with Gasteiger partial charge in [0.15, 0.2) is 0 Å². The van der Waals surface area contributed by atoms with Crippen molar-refractivity contribution < 1.29 is 19.1 Å². The topological polar surface area (TPSA) is 55.8 Å². The summed E-state index contributed by atoms with van der Waals surface area (Å²) in [4.78, 5) is 24.0. The first-order valence-corrected chi connectivity index (χ1v) is 5.64. The summed E-state index contributed by atoms with van der Waals surface area (Å²) in [6.45, 7) is 4.07. The second-order valence-electron chi connectivity index (χ2n) is 3.39. The van der Waals surface area contributed by atoms with Crippen LogP contribution in [0.2, 0.25) is 0 Å². The summed E-state index contributed by atoms with van der Waals surface area (Å²) in [5.74, 6) is -0.393. The maximum atomic E-state index is 11.4. The van der Waals surface area contributed by atoms with E-state index in [9.17, 15) is 9.59 Å². The number of rotatable bonds is 4. The standard InChI is InChI=1S/C13H16NO4/c1-4-17-12(15)10-6-8-11(9-7-10)14(3)13(16)18-5-2/h6-9H,3-5H2,1-2H3. The van der Waals surface area contributed by atoms with E-state index >= 15 is 0 Å². The van der Waals surface area contributed by atoms with Crippen molar-refractivity contribution in [1.29, 1.82) is 0 Å². The number of carbonyl (C=O) groups is 2. The first-order valence-electron chi connectivity index (χ1n) is 5.64.